The van der Waals surface area contributed by atoms with Gasteiger partial charge in [0.1, 0.15) is 0 Å². The topological polar surface area (TPSA) is 26.3 Å². The van der Waals surface area contributed by atoms with Crippen LogP contribution in [0.3, 0.4) is 0 Å². The van der Waals surface area contributed by atoms with E-state index in [0.717, 1.165) is 0 Å². The van der Waals surface area contributed by atoms with Gasteiger partial charge in [-0.05, 0) is 0 Å². The van der Waals surface area contributed by atoms with Gasteiger partial charge in [0, 0.05) is 0 Å². The molecule has 5 heteroatoms. The highest BCUT2D eigenvalue weighted by Gasteiger charge is 2.44. The van der Waals surface area contributed by atoms with Crippen LogP contribution in [0.25, 0.3) is 0 Å². The summed E-state index contributed by atoms with van der Waals surface area (Å²) in [5.74, 6) is -0.314. The summed E-state index contributed by atoms with van der Waals surface area (Å²) < 4.78 is 3.02. The lowest BCUT2D eigenvalue weighted by Crippen LogP contribution is -2.42. The second-order valence-electron chi connectivity index (χ2n) is 1.72. The molecular formula is C4H3Cl3O2. The van der Waals surface area contributed by atoms with E-state index in [2.05, 4.69) is 4.74 Å². The van der Waals surface area contributed by atoms with E-state index < -0.39 is 9.90 Å². The molecule has 1 fully saturated rings. The first-order valence-electron chi connectivity index (χ1n) is 2.26. The van der Waals surface area contributed by atoms with Gasteiger partial charge in [0.15, 0.2) is 6.10 Å². The lowest BCUT2D eigenvalue weighted by Gasteiger charge is -2.30. The number of alkyl halides is 3. The molecule has 0 spiro atoms. The zero-order valence-corrected chi connectivity index (χ0v) is 6.50. The average molecular weight is 189 g/mol. The Morgan fingerprint density at radius 2 is 2.00 bits per heavy atom. The number of cyclic esters (lactones) is 1. The quantitative estimate of drug-likeness (QED) is 0.428. The maximum atomic E-state index is 10.2. The van der Waals surface area contributed by atoms with Crippen LogP contribution in [0.4, 0.5) is 0 Å². The molecule has 2 nitrogen and oxygen atoms in total. The number of carbonyl (C=O) groups is 1. The van der Waals surface area contributed by atoms with Crippen molar-refractivity contribution >= 4 is 40.8 Å². The van der Waals surface area contributed by atoms with E-state index in [4.69, 9.17) is 34.8 Å². The van der Waals surface area contributed by atoms with E-state index in [9.17, 15) is 4.79 Å². The molecule has 1 aliphatic heterocycles. The summed E-state index contributed by atoms with van der Waals surface area (Å²) in [7, 11) is 0. The third-order valence-corrected chi connectivity index (χ3v) is 1.72. The second-order valence-corrected chi connectivity index (χ2v) is 4.09. The minimum Gasteiger partial charge on any atom is -0.457 e. The SMILES string of the molecule is O=C1C[C@H](C(Cl)(Cl)Cl)O1. The molecule has 0 aromatic heterocycles. The van der Waals surface area contributed by atoms with Gasteiger partial charge in [0.25, 0.3) is 0 Å². The summed E-state index contributed by atoms with van der Waals surface area (Å²) in [4.78, 5) is 10.2. The Balaban J connectivity index is 2.40. The molecule has 0 unspecified atom stereocenters. The summed E-state index contributed by atoms with van der Waals surface area (Å²) in [6.45, 7) is 0. The Labute approximate surface area is 67.0 Å². The Morgan fingerprint density at radius 1 is 1.56 bits per heavy atom. The van der Waals surface area contributed by atoms with E-state index in [1.54, 1.807) is 0 Å². The number of hydrogen-bond acceptors (Lipinski definition) is 2. The third kappa shape index (κ3) is 1.63. The van der Waals surface area contributed by atoms with Crippen LogP contribution in [0.5, 0.6) is 0 Å². The fourth-order valence-electron chi connectivity index (χ4n) is 0.483. The molecule has 1 heterocycles. The van der Waals surface area contributed by atoms with Crippen LogP contribution in [0.1, 0.15) is 6.42 Å². The van der Waals surface area contributed by atoms with E-state index >= 15 is 0 Å². The molecule has 0 aliphatic carbocycles. The summed E-state index contributed by atoms with van der Waals surface area (Å²) in [6.07, 6.45) is -0.341. The van der Waals surface area contributed by atoms with Crippen molar-refractivity contribution in [3.63, 3.8) is 0 Å². The molecule has 1 rings (SSSR count). The molecule has 1 saturated heterocycles. The summed E-state index contributed by atoms with van der Waals surface area (Å²) >= 11 is 16.1. The zero-order chi connectivity index (χ0) is 7.07. The van der Waals surface area contributed by atoms with Crippen molar-refractivity contribution in [2.45, 2.75) is 16.3 Å². The first kappa shape index (κ1) is 7.45. The third-order valence-electron chi connectivity index (χ3n) is 0.991. The summed E-state index contributed by atoms with van der Waals surface area (Å²) in [5, 5.41) is 0. The summed E-state index contributed by atoms with van der Waals surface area (Å²) in [5.41, 5.74) is 0. The lowest BCUT2D eigenvalue weighted by molar-refractivity contribution is -0.168. The van der Waals surface area contributed by atoms with Crippen molar-refractivity contribution in [2.75, 3.05) is 0 Å². The molecule has 0 aromatic rings. The van der Waals surface area contributed by atoms with Gasteiger partial charge < -0.3 is 4.74 Å². The molecule has 1 aliphatic rings. The number of rotatable bonds is 0. The highest BCUT2D eigenvalue weighted by Crippen LogP contribution is 2.38. The van der Waals surface area contributed by atoms with E-state index in [0.29, 0.717) is 0 Å². The molecule has 0 amide bonds. The van der Waals surface area contributed by atoms with Crippen LogP contribution in [0.2, 0.25) is 0 Å². The first-order valence-corrected chi connectivity index (χ1v) is 3.40. The van der Waals surface area contributed by atoms with Gasteiger partial charge in [-0.2, -0.15) is 0 Å². The lowest BCUT2D eigenvalue weighted by atomic mass is 10.2. The van der Waals surface area contributed by atoms with Crippen molar-refractivity contribution < 1.29 is 9.53 Å². The van der Waals surface area contributed by atoms with Gasteiger partial charge in [0.05, 0.1) is 6.42 Å². The van der Waals surface area contributed by atoms with Crippen LogP contribution in [0.15, 0.2) is 0 Å². The van der Waals surface area contributed by atoms with Gasteiger partial charge in [0.2, 0.25) is 3.79 Å². The van der Waals surface area contributed by atoms with Crippen LogP contribution in [0, 0.1) is 0 Å². The maximum Gasteiger partial charge on any atom is 0.310 e. The molecular weight excluding hydrogens is 186 g/mol. The minimum absolute atomic E-state index is 0.205. The highest BCUT2D eigenvalue weighted by molar-refractivity contribution is 6.68. The molecule has 52 valence electrons. The van der Waals surface area contributed by atoms with Crippen molar-refractivity contribution in [1.29, 1.82) is 0 Å². The van der Waals surface area contributed by atoms with E-state index in [1.807, 2.05) is 0 Å². The normalized spacial score (nSPS) is 27.0. The predicted molar refractivity (Wildman–Crippen MR) is 34.8 cm³/mol. The number of carbonyl (C=O) groups excluding carboxylic acids is 1. The first-order chi connectivity index (χ1) is 4.00. The number of halogens is 3. The molecule has 0 saturated carbocycles. The molecule has 1 atom stereocenters. The fraction of sp³-hybridized carbons (Fsp3) is 0.750. The highest BCUT2D eigenvalue weighted by atomic mass is 35.6. The predicted octanol–water partition coefficient (Wildman–Crippen LogP) is 1.67. The Morgan fingerprint density at radius 3 is 2.11 bits per heavy atom. The minimum atomic E-state index is -1.45. The Kier molecular flexibility index (Phi) is 1.81. The summed E-state index contributed by atoms with van der Waals surface area (Å²) in [6, 6.07) is 0. The largest absolute Gasteiger partial charge is 0.457 e. The zero-order valence-electron chi connectivity index (χ0n) is 4.23. The van der Waals surface area contributed by atoms with Crippen LogP contribution < -0.4 is 0 Å². The molecule has 0 radical (unpaired) electrons. The molecule has 9 heavy (non-hydrogen) atoms. The van der Waals surface area contributed by atoms with Gasteiger partial charge in [-0.25, -0.2) is 0 Å². The van der Waals surface area contributed by atoms with Crippen LogP contribution >= 0.6 is 34.8 Å². The molecule has 0 N–H and O–H groups in total. The van der Waals surface area contributed by atoms with Gasteiger partial charge >= 0.3 is 5.97 Å². The Hall–Kier alpha value is 0.340. The second kappa shape index (κ2) is 2.19. The molecule has 0 bridgehead atoms. The fourth-order valence-corrected chi connectivity index (χ4v) is 0.848. The van der Waals surface area contributed by atoms with Crippen molar-refractivity contribution in [3.05, 3.63) is 0 Å². The van der Waals surface area contributed by atoms with Gasteiger partial charge in [-0.1, -0.05) is 34.8 Å². The standard InChI is InChI=1S/C4H3Cl3O2/c5-4(6,7)2-1-3(8)9-2/h2H,1H2/t2-/m1/s1. The monoisotopic (exact) mass is 188 g/mol. The number of esters is 1. The van der Waals surface area contributed by atoms with Gasteiger partial charge in [-0.3, -0.25) is 4.79 Å². The van der Waals surface area contributed by atoms with E-state index in [-0.39, 0.29) is 12.4 Å². The van der Waals surface area contributed by atoms with Crippen molar-refractivity contribution in [3.8, 4) is 0 Å². The smallest absolute Gasteiger partial charge is 0.310 e. The number of hydrogen-bond donors (Lipinski definition) is 0. The van der Waals surface area contributed by atoms with Crippen LogP contribution in [-0.2, 0) is 9.53 Å². The maximum absolute atomic E-state index is 10.2. The average Bonchev–Trinajstić information content (AvgIpc) is 1.55. The van der Waals surface area contributed by atoms with Crippen molar-refractivity contribution in [2.24, 2.45) is 0 Å². The molecule has 0 aromatic carbocycles. The van der Waals surface area contributed by atoms with E-state index in [1.165, 1.54) is 0 Å². The van der Waals surface area contributed by atoms with Gasteiger partial charge in [-0.15, -0.1) is 0 Å². The van der Waals surface area contributed by atoms with Crippen molar-refractivity contribution in [1.82, 2.24) is 0 Å². The van der Waals surface area contributed by atoms with Crippen LogP contribution in [-0.4, -0.2) is 15.9 Å². The number of ether oxygens (including phenoxy) is 1. The Bertz CT molecular complexity index is 131.